The van der Waals surface area contributed by atoms with Crippen molar-refractivity contribution < 1.29 is 22.4 Å². The number of furan rings is 1. The summed E-state index contributed by atoms with van der Waals surface area (Å²) in [5, 5.41) is 2.97. The van der Waals surface area contributed by atoms with Gasteiger partial charge in [0.05, 0.1) is 30.4 Å². The molecule has 4 rings (SSSR count). The van der Waals surface area contributed by atoms with Gasteiger partial charge in [0.1, 0.15) is 5.76 Å². The van der Waals surface area contributed by atoms with E-state index >= 15 is 0 Å². The van der Waals surface area contributed by atoms with Gasteiger partial charge in [-0.05, 0) is 62.3 Å². The molecule has 2 aliphatic rings. The molecule has 1 amide bonds. The fourth-order valence-corrected chi connectivity index (χ4v) is 5.36. The van der Waals surface area contributed by atoms with Crippen LogP contribution in [-0.2, 0) is 14.8 Å². The quantitative estimate of drug-likeness (QED) is 0.717. The van der Waals surface area contributed by atoms with Crippen LogP contribution in [0.1, 0.15) is 35.0 Å². The van der Waals surface area contributed by atoms with Crippen LogP contribution in [0.3, 0.4) is 0 Å². The lowest BCUT2D eigenvalue weighted by Crippen LogP contribution is -2.40. The summed E-state index contributed by atoms with van der Waals surface area (Å²) in [5.41, 5.74) is 0.426. The summed E-state index contributed by atoms with van der Waals surface area (Å²) in [6.45, 7) is 3.87. The van der Waals surface area contributed by atoms with Crippen molar-refractivity contribution in [3.63, 3.8) is 0 Å². The van der Waals surface area contributed by atoms with Crippen molar-refractivity contribution in [1.82, 2.24) is 14.5 Å². The molecule has 3 heterocycles. The lowest BCUT2D eigenvalue weighted by Gasteiger charge is -2.26. The monoisotopic (exact) mass is 433 g/mol. The van der Waals surface area contributed by atoms with Gasteiger partial charge in [0.25, 0.3) is 5.91 Å². The first-order valence-electron chi connectivity index (χ1n) is 10.3. The first-order chi connectivity index (χ1) is 14.6. The number of hydrogen-bond acceptors (Lipinski definition) is 6. The second-order valence-electron chi connectivity index (χ2n) is 7.53. The maximum Gasteiger partial charge on any atom is 0.251 e. The van der Waals surface area contributed by atoms with E-state index in [1.807, 2.05) is 12.1 Å². The Hall–Kier alpha value is -2.20. The molecule has 2 aromatic rings. The molecule has 1 atom stereocenters. The van der Waals surface area contributed by atoms with Crippen LogP contribution in [0.25, 0.3) is 0 Å². The third-order valence-corrected chi connectivity index (χ3v) is 7.55. The molecule has 0 saturated carbocycles. The Labute approximate surface area is 176 Å². The molecule has 0 aliphatic carbocycles. The largest absolute Gasteiger partial charge is 0.468 e. The zero-order valence-corrected chi connectivity index (χ0v) is 17.6. The zero-order chi connectivity index (χ0) is 21.0. The Morgan fingerprint density at radius 3 is 2.37 bits per heavy atom. The molecule has 0 radical (unpaired) electrons. The number of amides is 1. The minimum absolute atomic E-state index is 0.00702. The zero-order valence-electron chi connectivity index (χ0n) is 16.8. The van der Waals surface area contributed by atoms with E-state index in [1.165, 1.54) is 16.4 Å². The number of sulfonamides is 1. The highest BCUT2D eigenvalue weighted by Crippen LogP contribution is 2.25. The highest BCUT2D eigenvalue weighted by Gasteiger charge is 2.27. The summed E-state index contributed by atoms with van der Waals surface area (Å²) in [4.78, 5) is 15.2. The molecule has 1 unspecified atom stereocenters. The first kappa shape index (κ1) is 21.0. The van der Waals surface area contributed by atoms with E-state index in [1.54, 1.807) is 18.4 Å². The van der Waals surface area contributed by atoms with Crippen molar-refractivity contribution in [2.75, 3.05) is 45.9 Å². The van der Waals surface area contributed by atoms with Gasteiger partial charge < -0.3 is 14.5 Å². The SMILES string of the molecule is O=C(NCC(c1ccco1)N1CCCC1)c1ccc(S(=O)(=O)N2CCOCC2)cc1. The van der Waals surface area contributed by atoms with E-state index < -0.39 is 10.0 Å². The van der Waals surface area contributed by atoms with Crippen molar-refractivity contribution >= 4 is 15.9 Å². The number of hydrogen-bond donors (Lipinski definition) is 1. The number of likely N-dealkylation sites (tertiary alicyclic amines) is 1. The molecule has 30 heavy (non-hydrogen) atoms. The van der Waals surface area contributed by atoms with E-state index in [0.717, 1.165) is 31.7 Å². The van der Waals surface area contributed by atoms with Crippen LogP contribution >= 0.6 is 0 Å². The number of carbonyl (C=O) groups excluding carboxylic acids is 1. The normalized spacial score (nSPS) is 19.6. The van der Waals surface area contributed by atoms with Gasteiger partial charge in [-0.2, -0.15) is 4.31 Å². The Morgan fingerprint density at radius 2 is 1.73 bits per heavy atom. The molecule has 9 heteroatoms. The summed E-state index contributed by atoms with van der Waals surface area (Å²) in [6, 6.07) is 9.87. The van der Waals surface area contributed by atoms with Crippen LogP contribution in [0.2, 0.25) is 0 Å². The third kappa shape index (κ3) is 4.59. The van der Waals surface area contributed by atoms with Crippen LogP contribution < -0.4 is 5.32 Å². The Bertz CT molecular complexity index is 932. The van der Waals surface area contributed by atoms with Crippen molar-refractivity contribution in [3.05, 3.63) is 54.0 Å². The predicted octanol–water partition coefficient (Wildman–Crippen LogP) is 1.87. The van der Waals surface area contributed by atoms with Crippen LogP contribution in [-0.4, -0.2) is 69.5 Å². The molecule has 1 aromatic carbocycles. The maximum atomic E-state index is 12.7. The van der Waals surface area contributed by atoms with Gasteiger partial charge in [-0.3, -0.25) is 9.69 Å². The number of nitrogens with one attached hydrogen (secondary N) is 1. The number of rotatable bonds is 7. The van der Waals surface area contributed by atoms with Gasteiger partial charge in [-0.1, -0.05) is 0 Å². The van der Waals surface area contributed by atoms with Crippen molar-refractivity contribution in [2.45, 2.75) is 23.8 Å². The summed E-state index contributed by atoms with van der Waals surface area (Å²) >= 11 is 0. The van der Waals surface area contributed by atoms with Gasteiger partial charge in [-0.15, -0.1) is 0 Å². The van der Waals surface area contributed by atoms with Crippen LogP contribution in [0.5, 0.6) is 0 Å². The number of carbonyl (C=O) groups is 1. The number of morpholine rings is 1. The standard InChI is InChI=1S/C21H27N3O5S/c25-21(22-16-19(20-4-3-13-29-20)23-9-1-2-10-23)17-5-7-18(8-6-17)30(26,27)24-11-14-28-15-12-24/h3-8,13,19H,1-2,9-12,14-16H2,(H,22,25). The third-order valence-electron chi connectivity index (χ3n) is 5.63. The van der Waals surface area contributed by atoms with Crippen molar-refractivity contribution in [3.8, 4) is 0 Å². The summed E-state index contributed by atoms with van der Waals surface area (Å²) in [5.74, 6) is 0.602. The maximum absolute atomic E-state index is 12.7. The van der Waals surface area contributed by atoms with E-state index in [4.69, 9.17) is 9.15 Å². The lowest BCUT2D eigenvalue weighted by molar-refractivity contribution is 0.0730. The van der Waals surface area contributed by atoms with Gasteiger partial charge in [0.15, 0.2) is 0 Å². The minimum atomic E-state index is -3.57. The Balaban J connectivity index is 1.41. The fraction of sp³-hybridized carbons (Fsp3) is 0.476. The highest BCUT2D eigenvalue weighted by atomic mass is 32.2. The average molecular weight is 434 g/mol. The Kier molecular flexibility index (Phi) is 6.52. The molecule has 0 spiro atoms. The smallest absolute Gasteiger partial charge is 0.251 e. The highest BCUT2D eigenvalue weighted by molar-refractivity contribution is 7.89. The molecule has 162 valence electrons. The average Bonchev–Trinajstić information content (AvgIpc) is 3.50. The summed E-state index contributed by atoms with van der Waals surface area (Å²) in [6.07, 6.45) is 3.93. The lowest BCUT2D eigenvalue weighted by atomic mass is 10.1. The van der Waals surface area contributed by atoms with E-state index in [9.17, 15) is 13.2 Å². The molecule has 0 bridgehead atoms. The molecule has 2 fully saturated rings. The molecule has 2 aliphatic heterocycles. The van der Waals surface area contributed by atoms with Crippen molar-refractivity contribution in [1.29, 1.82) is 0 Å². The Morgan fingerprint density at radius 1 is 1.03 bits per heavy atom. The fourth-order valence-electron chi connectivity index (χ4n) is 3.95. The molecule has 8 nitrogen and oxygen atoms in total. The van der Waals surface area contributed by atoms with Crippen molar-refractivity contribution in [2.24, 2.45) is 0 Å². The minimum Gasteiger partial charge on any atom is -0.468 e. The molecule has 1 aromatic heterocycles. The predicted molar refractivity (Wildman–Crippen MR) is 111 cm³/mol. The molecule has 2 saturated heterocycles. The molecule has 1 N–H and O–H groups in total. The topological polar surface area (TPSA) is 92.1 Å². The van der Waals surface area contributed by atoms with E-state index in [2.05, 4.69) is 10.2 Å². The number of benzene rings is 1. The number of ether oxygens (including phenoxy) is 1. The molecular weight excluding hydrogens is 406 g/mol. The summed E-state index contributed by atoms with van der Waals surface area (Å²) in [7, 11) is -3.57. The van der Waals surface area contributed by atoms with Crippen LogP contribution in [0.15, 0.2) is 52.0 Å². The van der Waals surface area contributed by atoms with E-state index in [0.29, 0.717) is 38.4 Å². The van der Waals surface area contributed by atoms with E-state index in [-0.39, 0.29) is 16.8 Å². The van der Waals surface area contributed by atoms with Crippen LogP contribution in [0, 0.1) is 0 Å². The second kappa shape index (κ2) is 9.30. The molecular formula is C21H27N3O5S. The van der Waals surface area contributed by atoms with Gasteiger partial charge >= 0.3 is 0 Å². The van der Waals surface area contributed by atoms with Gasteiger partial charge in [0, 0.05) is 25.2 Å². The second-order valence-corrected chi connectivity index (χ2v) is 9.46. The van der Waals surface area contributed by atoms with Gasteiger partial charge in [-0.25, -0.2) is 8.42 Å². The number of nitrogens with zero attached hydrogens (tertiary/aromatic N) is 2. The summed E-state index contributed by atoms with van der Waals surface area (Å²) < 4.78 is 37.6. The first-order valence-corrected chi connectivity index (χ1v) is 11.7. The van der Waals surface area contributed by atoms with Gasteiger partial charge in [0.2, 0.25) is 10.0 Å². The van der Waals surface area contributed by atoms with Crippen LogP contribution in [0.4, 0.5) is 0 Å².